The standard InChI is InChI=1S/C9H7F3N2O/c1-6(15)2-3-7-4-8(9(10,11)12)14-5-13-7/h4-6,15H,1H3/t6-/m1/s1. The predicted octanol–water partition coefficient (Wildman–Crippen LogP) is 1.23. The molecule has 1 heterocycles. The summed E-state index contributed by atoms with van der Waals surface area (Å²) >= 11 is 0. The average Bonchev–Trinajstić information content (AvgIpc) is 2.14. The van der Waals surface area contributed by atoms with Crippen molar-refractivity contribution in [3.8, 4) is 11.8 Å². The normalized spacial score (nSPS) is 12.9. The number of nitrogens with zero attached hydrogens (tertiary/aromatic N) is 2. The van der Waals surface area contributed by atoms with Gasteiger partial charge in [-0.2, -0.15) is 13.2 Å². The molecule has 0 aliphatic heterocycles. The Morgan fingerprint density at radius 2 is 2.07 bits per heavy atom. The molecule has 6 heteroatoms. The van der Waals surface area contributed by atoms with Crippen molar-refractivity contribution in [3.63, 3.8) is 0 Å². The van der Waals surface area contributed by atoms with E-state index in [0.29, 0.717) is 0 Å². The largest absolute Gasteiger partial charge is 0.433 e. The summed E-state index contributed by atoms with van der Waals surface area (Å²) in [6.07, 6.45) is -4.63. The van der Waals surface area contributed by atoms with Crippen molar-refractivity contribution >= 4 is 0 Å². The molecule has 0 unspecified atom stereocenters. The molecule has 1 atom stereocenters. The number of hydrogen-bond acceptors (Lipinski definition) is 3. The first-order chi connectivity index (χ1) is 6.89. The van der Waals surface area contributed by atoms with E-state index in [-0.39, 0.29) is 5.69 Å². The van der Waals surface area contributed by atoms with Gasteiger partial charge in [-0.1, -0.05) is 5.92 Å². The summed E-state index contributed by atoms with van der Waals surface area (Å²) < 4.78 is 36.5. The summed E-state index contributed by atoms with van der Waals surface area (Å²) in [5.74, 6) is 4.59. The van der Waals surface area contributed by atoms with Crippen molar-refractivity contribution in [3.05, 3.63) is 23.8 Å². The highest BCUT2D eigenvalue weighted by Crippen LogP contribution is 2.26. The fraction of sp³-hybridized carbons (Fsp3) is 0.333. The predicted molar refractivity (Wildman–Crippen MR) is 45.6 cm³/mol. The van der Waals surface area contributed by atoms with Crippen LogP contribution in [0.4, 0.5) is 13.2 Å². The molecule has 0 radical (unpaired) electrons. The van der Waals surface area contributed by atoms with Gasteiger partial charge in [0.1, 0.15) is 23.8 Å². The number of aliphatic hydroxyl groups excluding tert-OH is 1. The van der Waals surface area contributed by atoms with Crippen LogP contribution in [0.3, 0.4) is 0 Å². The lowest BCUT2D eigenvalue weighted by Crippen LogP contribution is -2.08. The molecule has 15 heavy (non-hydrogen) atoms. The molecule has 0 aliphatic carbocycles. The number of alkyl halides is 3. The summed E-state index contributed by atoms with van der Waals surface area (Å²) in [6, 6.07) is 0.732. The van der Waals surface area contributed by atoms with Crippen molar-refractivity contribution < 1.29 is 18.3 Å². The van der Waals surface area contributed by atoms with Gasteiger partial charge in [0.15, 0.2) is 0 Å². The molecule has 0 aromatic carbocycles. The highest BCUT2D eigenvalue weighted by atomic mass is 19.4. The van der Waals surface area contributed by atoms with Crippen LogP contribution in [0.25, 0.3) is 0 Å². The van der Waals surface area contributed by atoms with E-state index in [0.717, 1.165) is 12.4 Å². The van der Waals surface area contributed by atoms with Crippen LogP contribution in [-0.2, 0) is 6.18 Å². The highest BCUT2D eigenvalue weighted by molar-refractivity contribution is 5.29. The van der Waals surface area contributed by atoms with Gasteiger partial charge in [0.05, 0.1) is 0 Å². The number of hydrogen-bond donors (Lipinski definition) is 1. The van der Waals surface area contributed by atoms with E-state index in [4.69, 9.17) is 5.11 Å². The van der Waals surface area contributed by atoms with Crippen LogP contribution in [0.1, 0.15) is 18.3 Å². The summed E-state index contributed by atoms with van der Waals surface area (Å²) in [7, 11) is 0. The molecule has 0 bridgehead atoms. The monoisotopic (exact) mass is 216 g/mol. The van der Waals surface area contributed by atoms with E-state index in [1.54, 1.807) is 0 Å². The maximum atomic E-state index is 12.2. The van der Waals surface area contributed by atoms with Crippen molar-refractivity contribution in [1.29, 1.82) is 0 Å². The van der Waals surface area contributed by atoms with Crippen LogP contribution < -0.4 is 0 Å². The molecular formula is C9H7F3N2O. The number of rotatable bonds is 0. The van der Waals surface area contributed by atoms with Crippen molar-refractivity contribution in [1.82, 2.24) is 9.97 Å². The first kappa shape index (κ1) is 11.5. The third kappa shape index (κ3) is 3.56. The Morgan fingerprint density at radius 3 is 2.60 bits per heavy atom. The molecule has 0 aliphatic rings. The van der Waals surface area contributed by atoms with E-state index in [2.05, 4.69) is 21.8 Å². The molecule has 80 valence electrons. The number of halogens is 3. The van der Waals surface area contributed by atoms with E-state index in [1.165, 1.54) is 6.92 Å². The minimum absolute atomic E-state index is 0.0711. The Kier molecular flexibility index (Phi) is 3.27. The van der Waals surface area contributed by atoms with Gasteiger partial charge in [0.25, 0.3) is 0 Å². The minimum Gasteiger partial charge on any atom is -0.381 e. The highest BCUT2D eigenvalue weighted by Gasteiger charge is 2.32. The Balaban J connectivity index is 3.00. The molecule has 0 amide bonds. The molecule has 1 N–H and O–H groups in total. The Morgan fingerprint density at radius 1 is 1.40 bits per heavy atom. The van der Waals surface area contributed by atoms with Crippen molar-refractivity contribution in [2.24, 2.45) is 0 Å². The zero-order chi connectivity index (χ0) is 11.5. The first-order valence-corrected chi connectivity index (χ1v) is 3.98. The second kappa shape index (κ2) is 4.28. The molecule has 3 nitrogen and oxygen atoms in total. The van der Waals surface area contributed by atoms with Crippen molar-refractivity contribution in [2.75, 3.05) is 0 Å². The third-order valence-corrected chi connectivity index (χ3v) is 1.37. The second-order valence-electron chi connectivity index (χ2n) is 2.73. The zero-order valence-electron chi connectivity index (χ0n) is 7.71. The van der Waals surface area contributed by atoms with Crippen LogP contribution in [0, 0.1) is 11.8 Å². The molecule has 0 saturated carbocycles. The quantitative estimate of drug-likeness (QED) is 0.663. The van der Waals surface area contributed by atoms with Crippen LogP contribution in [0.5, 0.6) is 0 Å². The number of aliphatic hydroxyl groups is 1. The second-order valence-corrected chi connectivity index (χ2v) is 2.73. The lowest BCUT2D eigenvalue weighted by molar-refractivity contribution is -0.141. The van der Waals surface area contributed by atoms with Gasteiger partial charge in [0.2, 0.25) is 0 Å². The van der Waals surface area contributed by atoms with Crippen LogP contribution in [-0.4, -0.2) is 21.2 Å². The summed E-state index contributed by atoms with van der Waals surface area (Å²) in [5.41, 5.74) is -1.12. The summed E-state index contributed by atoms with van der Waals surface area (Å²) in [4.78, 5) is 6.60. The van der Waals surface area contributed by atoms with Crippen molar-refractivity contribution in [2.45, 2.75) is 19.2 Å². The van der Waals surface area contributed by atoms with Crippen LogP contribution >= 0.6 is 0 Å². The third-order valence-electron chi connectivity index (χ3n) is 1.37. The molecule has 1 aromatic rings. The Hall–Kier alpha value is -1.61. The fourth-order valence-corrected chi connectivity index (χ4v) is 0.759. The van der Waals surface area contributed by atoms with Gasteiger partial charge < -0.3 is 5.11 Å². The molecule has 0 fully saturated rings. The van der Waals surface area contributed by atoms with Gasteiger partial charge in [-0.25, -0.2) is 9.97 Å². The molecular weight excluding hydrogens is 209 g/mol. The molecule has 0 saturated heterocycles. The smallest absolute Gasteiger partial charge is 0.381 e. The van der Waals surface area contributed by atoms with E-state index in [1.807, 2.05) is 0 Å². The number of aromatic nitrogens is 2. The molecule has 1 rings (SSSR count). The molecule has 1 aromatic heterocycles. The van der Waals surface area contributed by atoms with E-state index < -0.39 is 18.0 Å². The fourth-order valence-electron chi connectivity index (χ4n) is 0.759. The Labute approximate surface area is 84.0 Å². The van der Waals surface area contributed by atoms with Gasteiger partial charge in [-0.05, 0) is 12.8 Å². The maximum absolute atomic E-state index is 12.2. The lowest BCUT2D eigenvalue weighted by Gasteiger charge is -2.03. The topological polar surface area (TPSA) is 46.0 Å². The van der Waals surface area contributed by atoms with Gasteiger partial charge in [-0.15, -0.1) is 0 Å². The first-order valence-electron chi connectivity index (χ1n) is 3.98. The summed E-state index contributed by atoms with van der Waals surface area (Å²) in [6.45, 7) is 1.40. The molecule has 0 spiro atoms. The minimum atomic E-state index is -4.51. The lowest BCUT2D eigenvalue weighted by atomic mass is 10.3. The summed E-state index contributed by atoms with van der Waals surface area (Å²) in [5, 5.41) is 8.80. The van der Waals surface area contributed by atoms with Crippen LogP contribution in [0.2, 0.25) is 0 Å². The SMILES string of the molecule is C[C@@H](O)C#Cc1cc(C(F)(F)F)ncn1. The van der Waals surface area contributed by atoms with Gasteiger partial charge in [-0.3, -0.25) is 0 Å². The van der Waals surface area contributed by atoms with Gasteiger partial charge in [0, 0.05) is 6.07 Å². The zero-order valence-corrected chi connectivity index (χ0v) is 7.71. The van der Waals surface area contributed by atoms with E-state index in [9.17, 15) is 13.2 Å². The Bertz CT molecular complexity index is 404. The van der Waals surface area contributed by atoms with Crippen LogP contribution in [0.15, 0.2) is 12.4 Å². The van der Waals surface area contributed by atoms with Gasteiger partial charge >= 0.3 is 6.18 Å². The average molecular weight is 216 g/mol. The maximum Gasteiger partial charge on any atom is 0.433 e. The van der Waals surface area contributed by atoms with E-state index >= 15 is 0 Å².